The first-order valence-corrected chi connectivity index (χ1v) is 10.9. The van der Waals surface area contributed by atoms with Gasteiger partial charge in [-0.2, -0.15) is 0 Å². The molecule has 0 aliphatic carbocycles. The molecule has 6 heteroatoms. The summed E-state index contributed by atoms with van der Waals surface area (Å²) in [6.07, 6.45) is 0. The van der Waals surface area contributed by atoms with Crippen LogP contribution in [0.25, 0.3) is 0 Å². The van der Waals surface area contributed by atoms with Gasteiger partial charge >= 0.3 is 0 Å². The summed E-state index contributed by atoms with van der Waals surface area (Å²) < 4.78 is 5.45. The zero-order chi connectivity index (χ0) is 22.2. The molecule has 5 nitrogen and oxygen atoms in total. The van der Waals surface area contributed by atoms with Crippen LogP contribution in [0.2, 0.25) is 0 Å². The van der Waals surface area contributed by atoms with Gasteiger partial charge in [-0.05, 0) is 68.3 Å². The van der Waals surface area contributed by atoms with Crippen LogP contribution >= 0.6 is 11.8 Å². The van der Waals surface area contributed by atoms with Crippen LogP contribution in [0.4, 0.5) is 11.4 Å². The van der Waals surface area contributed by atoms with Crippen LogP contribution < -0.4 is 15.4 Å². The van der Waals surface area contributed by atoms with Gasteiger partial charge in [-0.3, -0.25) is 9.59 Å². The molecule has 1 unspecified atom stereocenters. The summed E-state index contributed by atoms with van der Waals surface area (Å²) in [5.41, 5.74) is 3.64. The number of hydrogen-bond acceptors (Lipinski definition) is 4. The Kier molecular flexibility index (Phi) is 7.73. The second-order valence-corrected chi connectivity index (χ2v) is 8.60. The number of para-hydroxylation sites is 2. The topological polar surface area (TPSA) is 67.4 Å². The molecule has 1 atom stereocenters. The normalized spacial score (nSPS) is 11.5. The van der Waals surface area contributed by atoms with Crippen molar-refractivity contribution in [2.24, 2.45) is 0 Å². The lowest BCUT2D eigenvalue weighted by Gasteiger charge is -2.15. The molecule has 3 aromatic rings. The van der Waals surface area contributed by atoms with Gasteiger partial charge in [-0.15, -0.1) is 11.8 Å². The van der Waals surface area contributed by atoms with E-state index in [9.17, 15) is 9.59 Å². The quantitative estimate of drug-likeness (QED) is 0.463. The van der Waals surface area contributed by atoms with Crippen molar-refractivity contribution in [1.29, 1.82) is 0 Å². The van der Waals surface area contributed by atoms with E-state index >= 15 is 0 Å². The summed E-state index contributed by atoms with van der Waals surface area (Å²) in [5, 5.41) is 5.58. The number of aryl methyl sites for hydroxylation is 2. The van der Waals surface area contributed by atoms with Crippen molar-refractivity contribution < 1.29 is 14.3 Å². The van der Waals surface area contributed by atoms with Crippen LogP contribution in [0.3, 0.4) is 0 Å². The van der Waals surface area contributed by atoms with Gasteiger partial charge < -0.3 is 15.4 Å². The standard InChI is InChI=1S/C25H26N2O3S/c1-17-8-7-9-18(2)24(17)27-25(29)19(3)31-22-14-12-20(13-15-22)26-23(28)16-30-21-10-5-4-6-11-21/h4-15,19H,16H2,1-3H3,(H,26,28)(H,27,29). The first-order chi connectivity index (χ1) is 14.9. The monoisotopic (exact) mass is 434 g/mol. The number of carbonyl (C=O) groups is 2. The van der Waals surface area contributed by atoms with Gasteiger partial charge in [-0.25, -0.2) is 0 Å². The highest BCUT2D eigenvalue weighted by molar-refractivity contribution is 8.00. The molecule has 0 aromatic heterocycles. The van der Waals surface area contributed by atoms with Gasteiger partial charge in [0.1, 0.15) is 5.75 Å². The molecule has 0 spiro atoms. The summed E-state index contributed by atoms with van der Waals surface area (Å²) >= 11 is 1.47. The van der Waals surface area contributed by atoms with E-state index < -0.39 is 0 Å². The second-order valence-electron chi connectivity index (χ2n) is 7.19. The molecule has 0 bridgehead atoms. The lowest BCUT2D eigenvalue weighted by atomic mass is 10.1. The van der Waals surface area contributed by atoms with E-state index in [-0.39, 0.29) is 23.7 Å². The highest BCUT2D eigenvalue weighted by Crippen LogP contribution is 2.27. The number of amides is 2. The Morgan fingerprint density at radius 2 is 1.52 bits per heavy atom. The van der Waals surface area contributed by atoms with Crippen LogP contribution in [0.5, 0.6) is 5.75 Å². The van der Waals surface area contributed by atoms with E-state index in [2.05, 4.69) is 10.6 Å². The molecule has 3 aromatic carbocycles. The summed E-state index contributed by atoms with van der Waals surface area (Å²) in [5.74, 6) is 0.376. The second kappa shape index (κ2) is 10.7. The lowest BCUT2D eigenvalue weighted by molar-refractivity contribution is -0.118. The fourth-order valence-corrected chi connectivity index (χ4v) is 3.84. The van der Waals surface area contributed by atoms with Crippen LogP contribution in [-0.2, 0) is 9.59 Å². The minimum Gasteiger partial charge on any atom is -0.484 e. The van der Waals surface area contributed by atoms with E-state index in [1.165, 1.54) is 11.8 Å². The van der Waals surface area contributed by atoms with Crippen molar-refractivity contribution in [2.75, 3.05) is 17.2 Å². The summed E-state index contributed by atoms with van der Waals surface area (Å²) in [6, 6.07) is 22.6. The zero-order valence-electron chi connectivity index (χ0n) is 17.8. The molecule has 31 heavy (non-hydrogen) atoms. The lowest BCUT2D eigenvalue weighted by Crippen LogP contribution is -2.23. The zero-order valence-corrected chi connectivity index (χ0v) is 18.7. The molecular formula is C25H26N2O3S. The van der Waals surface area contributed by atoms with Crippen molar-refractivity contribution in [2.45, 2.75) is 30.9 Å². The van der Waals surface area contributed by atoms with Gasteiger partial charge in [0.05, 0.1) is 5.25 Å². The number of benzene rings is 3. The summed E-state index contributed by atoms with van der Waals surface area (Å²) in [4.78, 5) is 25.6. The molecule has 160 valence electrons. The van der Waals surface area contributed by atoms with Crippen molar-refractivity contribution in [3.63, 3.8) is 0 Å². The van der Waals surface area contributed by atoms with E-state index in [1.807, 2.05) is 81.4 Å². The molecule has 0 heterocycles. The van der Waals surface area contributed by atoms with Gasteiger partial charge in [0.25, 0.3) is 5.91 Å². The van der Waals surface area contributed by atoms with Crippen LogP contribution in [-0.4, -0.2) is 23.7 Å². The van der Waals surface area contributed by atoms with Gasteiger partial charge in [0.2, 0.25) is 5.91 Å². The van der Waals surface area contributed by atoms with E-state index in [0.29, 0.717) is 11.4 Å². The minimum atomic E-state index is -0.265. The molecule has 0 radical (unpaired) electrons. The predicted molar refractivity (Wildman–Crippen MR) is 127 cm³/mol. The molecule has 0 aliphatic rings. The van der Waals surface area contributed by atoms with E-state index in [1.54, 1.807) is 12.1 Å². The highest BCUT2D eigenvalue weighted by Gasteiger charge is 2.16. The van der Waals surface area contributed by atoms with E-state index in [0.717, 1.165) is 21.7 Å². The highest BCUT2D eigenvalue weighted by atomic mass is 32.2. The number of rotatable bonds is 8. The van der Waals surface area contributed by atoms with Gasteiger partial charge in [0.15, 0.2) is 6.61 Å². The van der Waals surface area contributed by atoms with Crippen molar-refractivity contribution >= 4 is 35.0 Å². The number of thioether (sulfide) groups is 1. The molecular weight excluding hydrogens is 408 g/mol. The Morgan fingerprint density at radius 3 is 2.16 bits per heavy atom. The van der Waals surface area contributed by atoms with Crippen molar-refractivity contribution in [3.05, 3.63) is 83.9 Å². The number of carbonyl (C=O) groups excluding carboxylic acids is 2. The molecule has 0 fully saturated rings. The maximum absolute atomic E-state index is 12.6. The predicted octanol–water partition coefficient (Wildman–Crippen LogP) is 5.44. The first-order valence-electron chi connectivity index (χ1n) is 10.0. The third-order valence-electron chi connectivity index (χ3n) is 4.66. The maximum atomic E-state index is 12.6. The molecule has 0 saturated carbocycles. The third kappa shape index (κ3) is 6.62. The van der Waals surface area contributed by atoms with Crippen molar-refractivity contribution in [1.82, 2.24) is 0 Å². The summed E-state index contributed by atoms with van der Waals surface area (Å²) in [6.45, 7) is 5.79. The first kappa shape index (κ1) is 22.4. The Bertz CT molecular complexity index is 1020. The average Bonchev–Trinajstić information content (AvgIpc) is 2.77. The largest absolute Gasteiger partial charge is 0.484 e. The number of nitrogens with one attached hydrogen (secondary N) is 2. The van der Waals surface area contributed by atoms with Crippen LogP contribution in [0, 0.1) is 13.8 Å². The Labute approximate surface area is 187 Å². The Hall–Kier alpha value is -3.25. The van der Waals surface area contributed by atoms with Gasteiger partial charge in [-0.1, -0.05) is 36.4 Å². The fourth-order valence-electron chi connectivity index (χ4n) is 2.97. The SMILES string of the molecule is Cc1cccc(C)c1NC(=O)C(C)Sc1ccc(NC(=O)COc2ccccc2)cc1. The average molecular weight is 435 g/mol. The number of hydrogen-bond donors (Lipinski definition) is 2. The van der Waals surface area contributed by atoms with Gasteiger partial charge in [0, 0.05) is 16.3 Å². The smallest absolute Gasteiger partial charge is 0.262 e. The number of ether oxygens (including phenoxy) is 1. The van der Waals surface area contributed by atoms with Crippen LogP contribution in [0.1, 0.15) is 18.1 Å². The van der Waals surface area contributed by atoms with E-state index in [4.69, 9.17) is 4.74 Å². The third-order valence-corrected chi connectivity index (χ3v) is 5.77. The fraction of sp³-hybridized carbons (Fsp3) is 0.200. The maximum Gasteiger partial charge on any atom is 0.262 e. The Balaban J connectivity index is 1.50. The minimum absolute atomic E-state index is 0.0437. The number of anilines is 2. The van der Waals surface area contributed by atoms with Crippen LogP contribution in [0.15, 0.2) is 77.7 Å². The summed E-state index contributed by atoms with van der Waals surface area (Å²) in [7, 11) is 0. The Morgan fingerprint density at radius 1 is 0.871 bits per heavy atom. The molecule has 3 rings (SSSR count). The van der Waals surface area contributed by atoms with Crippen molar-refractivity contribution in [3.8, 4) is 5.75 Å². The molecule has 0 aliphatic heterocycles. The molecule has 2 N–H and O–H groups in total. The molecule has 0 saturated heterocycles. The molecule has 2 amide bonds.